The number of fused-ring (bicyclic) bond motifs is 1. The summed E-state index contributed by atoms with van der Waals surface area (Å²) in [5, 5.41) is 5.59. The van der Waals surface area contributed by atoms with E-state index in [1.54, 1.807) is 6.20 Å². The van der Waals surface area contributed by atoms with Gasteiger partial charge in [0.1, 0.15) is 11.4 Å². The minimum absolute atomic E-state index is 0.0365. The lowest BCUT2D eigenvalue weighted by Crippen LogP contribution is -2.28. The molecule has 3 N–H and O–H groups in total. The number of ether oxygens (including phenoxy) is 1. The Morgan fingerprint density at radius 1 is 1.13 bits per heavy atom. The van der Waals surface area contributed by atoms with E-state index in [1.165, 1.54) is 12.3 Å². The van der Waals surface area contributed by atoms with Gasteiger partial charge in [0.05, 0.1) is 5.39 Å². The lowest BCUT2D eigenvalue weighted by atomic mass is 10.2. The van der Waals surface area contributed by atoms with Crippen molar-refractivity contribution >= 4 is 38.7 Å². The van der Waals surface area contributed by atoms with Gasteiger partial charge in [-0.05, 0) is 27.6 Å². The van der Waals surface area contributed by atoms with E-state index in [0.717, 1.165) is 17.7 Å². The number of anilines is 1. The zero-order valence-electron chi connectivity index (χ0n) is 15.4. The number of H-pyrrole nitrogens is 1. The molecule has 9 heteroatoms. The van der Waals surface area contributed by atoms with E-state index < -0.39 is 23.4 Å². The third kappa shape index (κ3) is 4.25. The van der Waals surface area contributed by atoms with E-state index in [-0.39, 0.29) is 18.0 Å². The topological polar surface area (TPSA) is 79.0 Å². The maximum absolute atomic E-state index is 14.6. The van der Waals surface area contributed by atoms with Gasteiger partial charge in [-0.15, -0.1) is 0 Å². The Morgan fingerprint density at radius 2 is 1.87 bits per heavy atom. The van der Waals surface area contributed by atoms with Gasteiger partial charge in [0.15, 0.2) is 17.4 Å². The molecule has 4 aromatic rings. The third-order valence-electron chi connectivity index (χ3n) is 4.25. The molecule has 0 unspecified atom stereocenters. The fraction of sp³-hybridized carbons (Fsp3) is 0.0476. The highest BCUT2D eigenvalue weighted by Crippen LogP contribution is 2.36. The fourth-order valence-electron chi connectivity index (χ4n) is 2.87. The average molecular weight is 473 g/mol. The van der Waals surface area contributed by atoms with Crippen LogP contribution in [0.1, 0.15) is 5.56 Å². The van der Waals surface area contributed by atoms with Crippen molar-refractivity contribution in [3.8, 4) is 11.5 Å². The van der Waals surface area contributed by atoms with Crippen LogP contribution in [0.5, 0.6) is 11.5 Å². The van der Waals surface area contributed by atoms with Crippen LogP contribution in [0.25, 0.3) is 11.0 Å². The predicted molar refractivity (Wildman–Crippen MR) is 113 cm³/mol. The minimum Gasteiger partial charge on any atom is -0.450 e. The molecule has 152 valence electrons. The van der Waals surface area contributed by atoms with Crippen molar-refractivity contribution in [3.63, 3.8) is 0 Å². The Hall–Kier alpha value is -3.46. The molecule has 0 aliphatic rings. The van der Waals surface area contributed by atoms with E-state index in [0.29, 0.717) is 15.5 Å². The second kappa shape index (κ2) is 8.50. The number of aromatic nitrogens is 2. The van der Waals surface area contributed by atoms with Gasteiger partial charge in [-0.2, -0.15) is 0 Å². The summed E-state index contributed by atoms with van der Waals surface area (Å²) in [4.78, 5) is 19.1. The van der Waals surface area contributed by atoms with Crippen LogP contribution in [-0.2, 0) is 6.54 Å². The number of aromatic amines is 1. The molecule has 2 aromatic carbocycles. The summed E-state index contributed by atoms with van der Waals surface area (Å²) in [6, 6.07) is 12.2. The lowest BCUT2D eigenvalue weighted by molar-refractivity contribution is 0.251. The molecule has 0 spiro atoms. The summed E-state index contributed by atoms with van der Waals surface area (Å²) in [5.74, 6) is -2.26. The minimum atomic E-state index is -0.954. The number of nitrogens with one attached hydrogen (secondary N) is 3. The predicted octanol–water partition coefficient (Wildman–Crippen LogP) is 5.72. The first-order valence-electron chi connectivity index (χ1n) is 8.88. The maximum atomic E-state index is 14.6. The number of rotatable bonds is 5. The summed E-state index contributed by atoms with van der Waals surface area (Å²) < 4.78 is 35.2. The summed E-state index contributed by atoms with van der Waals surface area (Å²) in [5.41, 5.74) is 1.37. The Morgan fingerprint density at radius 3 is 2.60 bits per heavy atom. The molecule has 2 amide bonds. The molecule has 0 saturated heterocycles. The Balaban J connectivity index is 1.49. The van der Waals surface area contributed by atoms with Gasteiger partial charge in [-0.3, -0.25) is 0 Å². The first-order chi connectivity index (χ1) is 14.5. The molecule has 2 aromatic heterocycles. The van der Waals surface area contributed by atoms with E-state index in [2.05, 4.69) is 36.5 Å². The number of carbonyl (C=O) groups is 1. The molecule has 0 fully saturated rings. The summed E-state index contributed by atoms with van der Waals surface area (Å²) >= 11 is 3.35. The van der Waals surface area contributed by atoms with Crippen molar-refractivity contribution in [2.45, 2.75) is 6.54 Å². The molecule has 0 radical (unpaired) electrons. The molecule has 0 aliphatic carbocycles. The monoisotopic (exact) mass is 472 g/mol. The summed E-state index contributed by atoms with van der Waals surface area (Å²) in [6.07, 6.45) is 3.11. The third-order valence-corrected chi connectivity index (χ3v) is 4.88. The number of halogens is 3. The highest BCUT2D eigenvalue weighted by atomic mass is 79.9. The van der Waals surface area contributed by atoms with E-state index in [9.17, 15) is 13.6 Å². The SMILES string of the molecule is O=C(NCc1ccccc1)Nc1cc(F)c(Oc2ccnc3[nH]cc(Br)c23)c(F)c1. The van der Waals surface area contributed by atoms with Crippen molar-refractivity contribution < 1.29 is 18.3 Å². The van der Waals surface area contributed by atoms with Crippen LogP contribution in [0.2, 0.25) is 0 Å². The van der Waals surface area contributed by atoms with Gasteiger partial charge in [0.2, 0.25) is 0 Å². The van der Waals surface area contributed by atoms with Crippen LogP contribution in [0, 0.1) is 11.6 Å². The molecule has 4 rings (SSSR count). The quantitative estimate of drug-likeness (QED) is 0.347. The normalized spacial score (nSPS) is 10.8. The number of carbonyl (C=O) groups excluding carboxylic acids is 1. The van der Waals surface area contributed by atoms with Crippen LogP contribution >= 0.6 is 15.9 Å². The number of hydrogen-bond acceptors (Lipinski definition) is 3. The number of urea groups is 1. The number of nitrogens with zero attached hydrogens (tertiary/aromatic N) is 1. The molecular formula is C21H15BrF2N4O2. The van der Waals surface area contributed by atoms with Gasteiger partial charge in [0.25, 0.3) is 0 Å². The van der Waals surface area contributed by atoms with Crippen LogP contribution in [0.4, 0.5) is 19.3 Å². The van der Waals surface area contributed by atoms with Gasteiger partial charge in [0, 0.05) is 41.2 Å². The summed E-state index contributed by atoms with van der Waals surface area (Å²) in [6.45, 7) is 0.280. The van der Waals surface area contributed by atoms with E-state index in [1.807, 2.05) is 30.3 Å². The molecule has 0 aliphatic heterocycles. The maximum Gasteiger partial charge on any atom is 0.319 e. The number of amides is 2. The molecule has 6 nitrogen and oxygen atoms in total. The van der Waals surface area contributed by atoms with Crippen LogP contribution in [0.3, 0.4) is 0 Å². The molecule has 0 saturated carbocycles. The molecule has 2 heterocycles. The number of benzene rings is 2. The van der Waals surface area contributed by atoms with Gasteiger partial charge in [-0.1, -0.05) is 30.3 Å². The van der Waals surface area contributed by atoms with Crippen molar-refractivity contribution in [2.24, 2.45) is 0 Å². The zero-order valence-corrected chi connectivity index (χ0v) is 17.0. The molecule has 0 bridgehead atoms. The van der Waals surface area contributed by atoms with Crippen LogP contribution < -0.4 is 15.4 Å². The van der Waals surface area contributed by atoms with Crippen LogP contribution in [-0.4, -0.2) is 16.0 Å². The smallest absolute Gasteiger partial charge is 0.319 e. The highest BCUT2D eigenvalue weighted by Gasteiger charge is 2.17. The first-order valence-corrected chi connectivity index (χ1v) is 9.68. The number of hydrogen-bond donors (Lipinski definition) is 3. The standard InChI is InChI=1S/C21H15BrF2N4O2/c22-14-11-26-20-18(14)17(6-7-25-20)30-19-15(23)8-13(9-16(19)24)28-21(29)27-10-12-4-2-1-3-5-12/h1-9,11H,10H2,(H,25,26)(H2,27,28,29). The lowest BCUT2D eigenvalue weighted by Gasteiger charge is -2.12. The fourth-order valence-corrected chi connectivity index (χ4v) is 3.36. The van der Waals surface area contributed by atoms with Crippen molar-refractivity contribution in [2.75, 3.05) is 5.32 Å². The average Bonchev–Trinajstić information content (AvgIpc) is 3.12. The van der Waals surface area contributed by atoms with Gasteiger partial charge in [-0.25, -0.2) is 18.6 Å². The Kier molecular flexibility index (Phi) is 5.62. The van der Waals surface area contributed by atoms with Gasteiger partial charge < -0.3 is 20.4 Å². The van der Waals surface area contributed by atoms with Gasteiger partial charge >= 0.3 is 6.03 Å². The summed E-state index contributed by atoms with van der Waals surface area (Å²) in [7, 11) is 0. The van der Waals surface area contributed by atoms with E-state index in [4.69, 9.17) is 4.74 Å². The second-order valence-corrected chi connectivity index (χ2v) is 7.19. The van der Waals surface area contributed by atoms with Crippen molar-refractivity contribution in [3.05, 3.63) is 82.6 Å². The van der Waals surface area contributed by atoms with Crippen LogP contribution in [0.15, 0.2) is 65.4 Å². The molecular weight excluding hydrogens is 458 g/mol. The number of pyridine rings is 1. The van der Waals surface area contributed by atoms with Crippen molar-refractivity contribution in [1.82, 2.24) is 15.3 Å². The second-order valence-electron chi connectivity index (χ2n) is 6.33. The molecule has 0 atom stereocenters. The highest BCUT2D eigenvalue weighted by molar-refractivity contribution is 9.10. The molecule has 30 heavy (non-hydrogen) atoms. The van der Waals surface area contributed by atoms with E-state index >= 15 is 0 Å². The Labute approximate surface area is 178 Å². The first kappa shape index (κ1) is 19.8. The largest absolute Gasteiger partial charge is 0.450 e. The van der Waals surface area contributed by atoms with Crippen molar-refractivity contribution in [1.29, 1.82) is 0 Å². The zero-order chi connectivity index (χ0) is 21.1. The Bertz CT molecular complexity index is 1190.